The van der Waals surface area contributed by atoms with Crippen LogP contribution in [0.25, 0.3) is 0 Å². The zero-order chi connectivity index (χ0) is 12.9. The zero-order valence-electron chi connectivity index (χ0n) is 10.2. The molecular formula is C10H19NO4S2. The van der Waals surface area contributed by atoms with Crippen molar-refractivity contribution < 1.29 is 17.9 Å². The molecule has 0 bridgehead atoms. The molecule has 0 radical (unpaired) electrons. The molecule has 1 saturated heterocycles. The Balaban J connectivity index is 2.76. The molecule has 1 aliphatic rings. The molecule has 0 N–H and O–H groups in total. The first-order valence-corrected chi connectivity index (χ1v) is 8.56. The molecule has 1 rings (SSSR count). The largest absolute Gasteiger partial charge is 0.372 e. The van der Waals surface area contributed by atoms with Gasteiger partial charge in [0.25, 0.3) is 0 Å². The van der Waals surface area contributed by atoms with Gasteiger partial charge in [-0.15, -0.1) is 0 Å². The minimum atomic E-state index is -3.21. The first-order chi connectivity index (χ1) is 8.03. The van der Waals surface area contributed by atoms with Crippen molar-refractivity contribution in [1.29, 1.82) is 0 Å². The standard InChI is InChI=1S/C10H19NO4S2/c1-3-15-7-9(12)11-5-6-16-8-10(11)17(13,14)4-2/h10H,3-8H2,1-2H3. The Bertz CT molecular complexity index is 355. The Morgan fingerprint density at radius 2 is 2.18 bits per heavy atom. The average molecular weight is 281 g/mol. The monoisotopic (exact) mass is 281 g/mol. The molecule has 1 aliphatic heterocycles. The van der Waals surface area contributed by atoms with Crippen molar-refractivity contribution in [1.82, 2.24) is 4.90 Å². The second kappa shape index (κ2) is 6.61. The fourth-order valence-corrected chi connectivity index (χ4v) is 4.62. The highest BCUT2D eigenvalue weighted by Crippen LogP contribution is 2.21. The quantitative estimate of drug-likeness (QED) is 0.728. The SMILES string of the molecule is CCOCC(=O)N1CCSCC1S(=O)(=O)CC. The molecule has 0 saturated carbocycles. The molecule has 7 heteroatoms. The van der Waals surface area contributed by atoms with Crippen molar-refractivity contribution in [3.8, 4) is 0 Å². The number of carbonyl (C=O) groups is 1. The van der Waals surface area contributed by atoms with Gasteiger partial charge in [-0.1, -0.05) is 6.92 Å². The third-order valence-electron chi connectivity index (χ3n) is 2.65. The number of rotatable bonds is 5. The molecule has 0 aliphatic carbocycles. The van der Waals surface area contributed by atoms with Gasteiger partial charge in [0.15, 0.2) is 9.84 Å². The Hall–Kier alpha value is -0.270. The topological polar surface area (TPSA) is 63.7 Å². The van der Waals surface area contributed by atoms with Gasteiger partial charge in [0.05, 0.1) is 0 Å². The van der Waals surface area contributed by atoms with Gasteiger partial charge < -0.3 is 9.64 Å². The smallest absolute Gasteiger partial charge is 0.249 e. The van der Waals surface area contributed by atoms with E-state index in [1.165, 1.54) is 4.90 Å². The first-order valence-electron chi connectivity index (χ1n) is 5.69. The minimum Gasteiger partial charge on any atom is -0.372 e. The number of sulfone groups is 1. The molecule has 1 heterocycles. The van der Waals surface area contributed by atoms with Crippen LogP contribution in [0.5, 0.6) is 0 Å². The van der Waals surface area contributed by atoms with Gasteiger partial charge in [-0.3, -0.25) is 4.79 Å². The van der Waals surface area contributed by atoms with Crippen LogP contribution >= 0.6 is 11.8 Å². The molecule has 0 spiro atoms. The van der Waals surface area contributed by atoms with Gasteiger partial charge in [0.2, 0.25) is 5.91 Å². The molecular weight excluding hydrogens is 262 g/mol. The van der Waals surface area contributed by atoms with E-state index in [-0.39, 0.29) is 18.3 Å². The third-order valence-corrected chi connectivity index (χ3v) is 5.94. The van der Waals surface area contributed by atoms with Crippen molar-refractivity contribution in [2.24, 2.45) is 0 Å². The van der Waals surface area contributed by atoms with Crippen molar-refractivity contribution in [2.75, 3.05) is 37.0 Å². The van der Waals surface area contributed by atoms with E-state index in [2.05, 4.69) is 0 Å². The third kappa shape index (κ3) is 3.86. The summed E-state index contributed by atoms with van der Waals surface area (Å²) in [5, 5.41) is -0.681. The van der Waals surface area contributed by atoms with E-state index in [4.69, 9.17) is 4.74 Å². The average Bonchev–Trinajstić information content (AvgIpc) is 2.36. The summed E-state index contributed by atoms with van der Waals surface area (Å²) in [6.07, 6.45) is 0. The first kappa shape index (κ1) is 14.8. The highest BCUT2D eigenvalue weighted by atomic mass is 32.2. The summed E-state index contributed by atoms with van der Waals surface area (Å²) in [7, 11) is -3.21. The van der Waals surface area contributed by atoms with Crippen LogP contribution in [-0.2, 0) is 19.4 Å². The highest BCUT2D eigenvalue weighted by molar-refractivity contribution is 8.01. The van der Waals surface area contributed by atoms with Crippen molar-refractivity contribution in [3.05, 3.63) is 0 Å². The number of thioether (sulfide) groups is 1. The summed E-state index contributed by atoms with van der Waals surface area (Å²) < 4.78 is 28.8. The predicted octanol–water partition coefficient (Wildman–Crippen LogP) is 0.359. The van der Waals surface area contributed by atoms with Crippen molar-refractivity contribution in [3.63, 3.8) is 0 Å². The van der Waals surface area contributed by atoms with Gasteiger partial charge in [0.1, 0.15) is 12.0 Å². The van der Waals surface area contributed by atoms with Crippen LogP contribution in [0.3, 0.4) is 0 Å². The van der Waals surface area contributed by atoms with Gasteiger partial charge in [-0.05, 0) is 6.92 Å². The number of hydrogen-bond acceptors (Lipinski definition) is 5. The molecule has 0 aromatic rings. The maximum absolute atomic E-state index is 11.9. The van der Waals surface area contributed by atoms with Gasteiger partial charge in [0, 0.05) is 30.4 Å². The van der Waals surface area contributed by atoms with E-state index in [0.29, 0.717) is 18.9 Å². The molecule has 0 aromatic carbocycles. The van der Waals surface area contributed by atoms with E-state index in [1.54, 1.807) is 25.6 Å². The van der Waals surface area contributed by atoms with E-state index in [0.717, 1.165) is 5.75 Å². The van der Waals surface area contributed by atoms with E-state index < -0.39 is 15.2 Å². The summed E-state index contributed by atoms with van der Waals surface area (Å²) in [5.74, 6) is 1.09. The molecule has 0 aromatic heterocycles. The van der Waals surface area contributed by atoms with Crippen LogP contribution in [-0.4, -0.2) is 61.6 Å². The molecule has 1 fully saturated rings. The second-order valence-electron chi connectivity index (χ2n) is 3.71. The van der Waals surface area contributed by atoms with Gasteiger partial charge in [-0.2, -0.15) is 11.8 Å². The Morgan fingerprint density at radius 1 is 1.47 bits per heavy atom. The molecule has 5 nitrogen and oxygen atoms in total. The number of nitrogens with zero attached hydrogens (tertiary/aromatic N) is 1. The van der Waals surface area contributed by atoms with Crippen LogP contribution in [0.2, 0.25) is 0 Å². The normalized spacial score (nSPS) is 21.5. The maximum atomic E-state index is 11.9. The second-order valence-corrected chi connectivity index (χ2v) is 7.30. The molecule has 1 atom stereocenters. The van der Waals surface area contributed by atoms with Crippen LogP contribution < -0.4 is 0 Å². The van der Waals surface area contributed by atoms with Crippen LogP contribution in [0.4, 0.5) is 0 Å². The fraction of sp³-hybridized carbons (Fsp3) is 0.900. The lowest BCUT2D eigenvalue weighted by atomic mass is 10.4. The number of carbonyl (C=O) groups excluding carboxylic acids is 1. The maximum Gasteiger partial charge on any atom is 0.249 e. The number of amides is 1. The Kier molecular flexibility index (Phi) is 5.75. The van der Waals surface area contributed by atoms with E-state index >= 15 is 0 Å². The summed E-state index contributed by atoms with van der Waals surface area (Å²) in [6.45, 7) is 4.33. The lowest BCUT2D eigenvalue weighted by Crippen LogP contribution is -2.51. The molecule has 1 amide bonds. The van der Waals surface area contributed by atoms with Crippen molar-refractivity contribution >= 4 is 27.5 Å². The predicted molar refractivity (Wildman–Crippen MR) is 68.8 cm³/mol. The van der Waals surface area contributed by atoms with Crippen LogP contribution in [0.15, 0.2) is 0 Å². The van der Waals surface area contributed by atoms with Gasteiger partial charge in [-0.25, -0.2) is 8.42 Å². The van der Waals surface area contributed by atoms with E-state index in [9.17, 15) is 13.2 Å². The van der Waals surface area contributed by atoms with Crippen LogP contribution in [0, 0.1) is 0 Å². The fourth-order valence-electron chi connectivity index (χ4n) is 1.63. The lowest BCUT2D eigenvalue weighted by Gasteiger charge is -2.34. The van der Waals surface area contributed by atoms with Gasteiger partial charge >= 0.3 is 0 Å². The number of ether oxygens (including phenoxy) is 1. The molecule has 17 heavy (non-hydrogen) atoms. The lowest BCUT2D eigenvalue weighted by molar-refractivity contribution is -0.136. The summed E-state index contributed by atoms with van der Waals surface area (Å²) in [6, 6.07) is 0. The Labute approximate surface area is 107 Å². The van der Waals surface area contributed by atoms with E-state index in [1.807, 2.05) is 0 Å². The summed E-state index contributed by atoms with van der Waals surface area (Å²) in [4.78, 5) is 13.3. The molecule has 1 unspecified atom stereocenters. The molecule has 100 valence electrons. The highest BCUT2D eigenvalue weighted by Gasteiger charge is 2.35. The summed E-state index contributed by atoms with van der Waals surface area (Å²) in [5.41, 5.74) is 0. The van der Waals surface area contributed by atoms with Crippen molar-refractivity contribution in [2.45, 2.75) is 19.2 Å². The Morgan fingerprint density at radius 3 is 2.76 bits per heavy atom. The summed E-state index contributed by atoms with van der Waals surface area (Å²) >= 11 is 1.58. The zero-order valence-corrected chi connectivity index (χ0v) is 11.8. The van der Waals surface area contributed by atoms with Crippen LogP contribution in [0.1, 0.15) is 13.8 Å². The minimum absolute atomic E-state index is 0.0309. The number of hydrogen-bond donors (Lipinski definition) is 0.